The molecule has 2 N–H and O–H groups in total. The van der Waals surface area contributed by atoms with E-state index in [4.69, 9.17) is 5.11 Å². The Morgan fingerprint density at radius 3 is 2.33 bits per heavy atom. The van der Waals surface area contributed by atoms with Gasteiger partial charge in [-0.05, 0) is 25.3 Å². The van der Waals surface area contributed by atoms with Crippen molar-refractivity contribution in [3.63, 3.8) is 0 Å². The molecule has 1 rings (SSSR count). The van der Waals surface area contributed by atoms with Crippen LogP contribution in [0.5, 0.6) is 0 Å². The van der Waals surface area contributed by atoms with Crippen LogP contribution in [-0.2, 0) is 0 Å². The molecule has 0 heterocycles. The summed E-state index contributed by atoms with van der Waals surface area (Å²) in [5.74, 6) is 0. The molecule has 0 unspecified atom stereocenters. The molecule has 0 amide bonds. The summed E-state index contributed by atoms with van der Waals surface area (Å²) >= 11 is 0. The Labute approximate surface area is 90.9 Å². The van der Waals surface area contributed by atoms with Crippen LogP contribution in [0.2, 0.25) is 0 Å². The van der Waals surface area contributed by atoms with Crippen molar-refractivity contribution in [2.24, 2.45) is 0 Å². The van der Waals surface area contributed by atoms with Crippen molar-refractivity contribution >= 4 is 0 Å². The molecule has 0 bridgehead atoms. The van der Waals surface area contributed by atoms with Crippen molar-refractivity contribution in [1.29, 1.82) is 0 Å². The molecule has 1 aromatic rings. The molecule has 2 heteroatoms. The molecule has 0 aromatic heterocycles. The van der Waals surface area contributed by atoms with Gasteiger partial charge in [-0.2, -0.15) is 0 Å². The maximum absolute atomic E-state index is 9.86. The summed E-state index contributed by atoms with van der Waals surface area (Å²) in [6.07, 6.45) is 0.150. The molecule has 0 fully saturated rings. The maximum Gasteiger partial charge on any atom is 0.0827 e. The predicted molar refractivity (Wildman–Crippen MR) is 61.5 cm³/mol. The molecule has 15 heavy (non-hydrogen) atoms. The van der Waals surface area contributed by atoms with E-state index in [1.54, 1.807) is 6.92 Å². The van der Waals surface area contributed by atoms with E-state index in [1.807, 2.05) is 30.3 Å². The van der Waals surface area contributed by atoms with Crippen molar-refractivity contribution in [3.8, 4) is 0 Å². The van der Waals surface area contributed by atoms with Gasteiger partial charge in [0.1, 0.15) is 0 Å². The molecule has 0 aliphatic heterocycles. The molecule has 0 spiro atoms. The number of rotatable bonds is 5. The molecule has 2 nitrogen and oxygen atoms in total. The van der Waals surface area contributed by atoms with Gasteiger partial charge in [0.25, 0.3) is 0 Å². The third kappa shape index (κ3) is 4.28. The van der Waals surface area contributed by atoms with Gasteiger partial charge in [-0.1, -0.05) is 42.5 Å². The van der Waals surface area contributed by atoms with Crippen molar-refractivity contribution in [2.75, 3.05) is 0 Å². The highest BCUT2D eigenvalue weighted by Crippen LogP contribution is 2.21. The van der Waals surface area contributed by atoms with Gasteiger partial charge in [0.15, 0.2) is 0 Å². The molecular weight excluding hydrogens is 188 g/mol. The zero-order valence-electron chi connectivity index (χ0n) is 9.06. The van der Waals surface area contributed by atoms with Gasteiger partial charge in [-0.3, -0.25) is 0 Å². The average molecular weight is 206 g/mol. The molecular formula is C13H18O2. The normalized spacial score (nSPS) is 14.6. The van der Waals surface area contributed by atoms with Crippen molar-refractivity contribution in [1.82, 2.24) is 0 Å². The van der Waals surface area contributed by atoms with Crippen LogP contribution in [0.4, 0.5) is 0 Å². The number of benzene rings is 1. The summed E-state index contributed by atoms with van der Waals surface area (Å²) in [5, 5.41) is 19.0. The first-order chi connectivity index (χ1) is 7.09. The van der Waals surface area contributed by atoms with Crippen LogP contribution >= 0.6 is 0 Å². The van der Waals surface area contributed by atoms with Crippen molar-refractivity contribution in [3.05, 3.63) is 48.0 Å². The minimum absolute atomic E-state index is 0.388. The van der Waals surface area contributed by atoms with E-state index < -0.39 is 6.10 Å². The molecule has 0 saturated carbocycles. The zero-order chi connectivity index (χ0) is 11.3. The fourth-order valence-corrected chi connectivity index (χ4v) is 1.57. The van der Waals surface area contributed by atoms with Gasteiger partial charge in [-0.15, -0.1) is 0 Å². The Morgan fingerprint density at radius 2 is 1.80 bits per heavy atom. The fourth-order valence-electron chi connectivity index (χ4n) is 1.57. The largest absolute Gasteiger partial charge is 0.393 e. The van der Waals surface area contributed by atoms with Crippen LogP contribution in [0.3, 0.4) is 0 Å². The highest BCUT2D eigenvalue weighted by Gasteiger charge is 2.09. The number of aliphatic hydroxyl groups excluding tert-OH is 2. The van der Waals surface area contributed by atoms with Gasteiger partial charge in [0.2, 0.25) is 0 Å². The minimum Gasteiger partial charge on any atom is -0.393 e. The van der Waals surface area contributed by atoms with Crippen LogP contribution in [0.25, 0.3) is 0 Å². The molecule has 0 saturated heterocycles. The lowest BCUT2D eigenvalue weighted by Crippen LogP contribution is -2.04. The summed E-state index contributed by atoms with van der Waals surface area (Å²) in [6.45, 7) is 5.56. The summed E-state index contributed by atoms with van der Waals surface area (Å²) in [6, 6.07) is 9.49. The highest BCUT2D eigenvalue weighted by atomic mass is 16.3. The average Bonchev–Trinajstić information content (AvgIpc) is 2.17. The third-order valence-corrected chi connectivity index (χ3v) is 2.25. The monoisotopic (exact) mass is 206 g/mol. The van der Waals surface area contributed by atoms with Crippen LogP contribution in [0.15, 0.2) is 42.5 Å². The number of hydrogen-bond donors (Lipinski definition) is 2. The predicted octanol–water partition coefficient (Wildman–Crippen LogP) is 2.44. The molecule has 0 radical (unpaired) electrons. The Bertz CT molecular complexity index is 304. The van der Waals surface area contributed by atoms with Crippen LogP contribution in [0, 0.1) is 0 Å². The lowest BCUT2D eigenvalue weighted by molar-refractivity contribution is 0.165. The lowest BCUT2D eigenvalue weighted by Gasteiger charge is -2.13. The Hall–Kier alpha value is -1.12. The van der Waals surface area contributed by atoms with E-state index in [0.717, 1.165) is 11.1 Å². The van der Waals surface area contributed by atoms with Gasteiger partial charge in [0, 0.05) is 0 Å². The first-order valence-electron chi connectivity index (χ1n) is 5.17. The quantitative estimate of drug-likeness (QED) is 0.726. The third-order valence-electron chi connectivity index (χ3n) is 2.25. The second-order valence-electron chi connectivity index (χ2n) is 3.93. The summed E-state index contributed by atoms with van der Waals surface area (Å²) in [7, 11) is 0. The Kier molecular flexibility index (Phi) is 4.53. The van der Waals surface area contributed by atoms with Gasteiger partial charge >= 0.3 is 0 Å². The zero-order valence-corrected chi connectivity index (χ0v) is 9.06. The second-order valence-corrected chi connectivity index (χ2v) is 3.93. The van der Waals surface area contributed by atoms with Gasteiger partial charge in [0.05, 0.1) is 12.2 Å². The summed E-state index contributed by atoms with van der Waals surface area (Å²) in [5.41, 5.74) is 1.77. The number of aliphatic hydroxyl groups is 2. The molecule has 82 valence electrons. The van der Waals surface area contributed by atoms with Gasteiger partial charge < -0.3 is 10.2 Å². The van der Waals surface area contributed by atoms with E-state index in [-0.39, 0.29) is 6.10 Å². The topological polar surface area (TPSA) is 40.5 Å². The van der Waals surface area contributed by atoms with E-state index in [9.17, 15) is 5.11 Å². The summed E-state index contributed by atoms with van der Waals surface area (Å²) < 4.78 is 0. The molecule has 0 aliphatic rings. The van der Waals surface area contributed by atoms with Crippen LogP contribution < -0.4 is 0 Å². The van der Waals surface area contributed by atoms with E-state index in [0.29, 0.717) is 12.8 Å². The van der Waals surface area contributed by atoms with Crippen LogP contribution in [0.1, 0.15) is 31.4 Å². The smallest absolute Gasteiger partial charge is 0.0827 e. The molecule has 0 aliphatic carbocycles. The van der Waals surface area contributed by atoms with Crippen LogP contribution in [-0.4, -0.2) is 16.3 Å². The highest BCUT2D eigenvalue weighted by molar-refractivity contribution is 5.19. The van der Waals surface area contributed by atoms with E-state index >= 15 is 0 Å². The lowest BCUT2D eigenvalue weighted by atomic mass is 9.99. The van der Waals surface area contributed by atoms with Crippen molar-refractivity contribution in [2.45, 2.75) is 32.0 Å². The molecule has 2 atom stereocenters. The molecule has 1 aromatic carbocycles. The van der Waals surface area contributed by atoms with E-state index in [1.165, 1.54) is 0 Å². The standard InChI is InChI=1S/C13H18O2/c1-10(8-11(2)14)9-13(15)12-6-4-3-5-7-12/h3-7,11,13-15H,1,8-9H2,2H3/t11-,13+/m0/s1. The first-order valence-corrected chi connectivity index (χ1v) is 5.17. The minimum atomic E-state index is -0.516. The summed E-state index contributed by atoms with van der Waals surface area (Å²) in [4.78, 5) is 0. The first kappa shape index (κ1) is 12.0. The Morgan fingerprint density at radius 1 is 1.20 bits per heavy atom. The second kappa shape index (κ2) is 5.69. The Balaban J connectivity index is 2.49. The van der Waals surface area contributed by atoms with Crippen molar-refractivity contribution < 1.29 is 10.2 Å². The maximum atomic E-state index is 9.86. The fraction of sp³-hybridized carbons (Fsp3) is 0.385. The van der Waals surface area contributed by atoms with E-state index in [2.05, 4.69) is 6.58 Å². The van der Waals surface area contributed by atoms with Gasteiger partial charge in [-0.25, -0.2) is 0 Å². The SMILES string of the molecule is C=C(C[C@H](C)O)C[C@@H](O)c1ccccc1. The number of hydrogen-bond acceptors (Lipinski definition) is 2.